The summed E-state index contributed by atoms with van der Waals surface area (Å²) < 4.78 is 18.5. The van der Waals surface area contributed by atoms with Gasteiger partial charge in [0.25, 0.3) is 0 Å². The van der Waals surface area contributed by atoms with E-state index in [1.54, 1.807) is 13.2 Å². The lowest BCUT2D eigenvalue weighted by Crippen LogP contribution is -1.94. The Morgan fingerprint density at radius 2 is 1.65 bits per heavy atom. The van der Waals surface area contributed by atoms with Crippen LogP contribution in [0, 0.1) is 5.82 Å². The van der Waals surface area contributed by atoms with Crippen LogP contribution < -0.4 is 4.74 Å². The second kappa shape index (κ2) is 5.48. The maximum Gasteiger partial charge on any atom is 0.126 e. The van der Waals surface area contributed by atoms with E-state index >= 15 is 0 Å². The van der Waals surface area contributed by atoms with Crippen LogP contribution in [-0.2, 0) is 12.8 Å². The highest BCUT2D eigenvalue weighted by molar-refractivity contribution is 5.28. The fraction of sp³-hybridized carbons (Fsp3) is 0.200. The number of benzene rings is 2. The molecule has 0 aliphatic rings. The van der Waals surface area contributed by atoms with Crippen molar-refractivity contribution < 1.29 is 9.13 Å². The minimum absolute atomic E-state index is 0.124. The number of hydrogen-bond donors (Lipinski definition) is 0. The summed E-state index contributed by atoms with van der Waals surface area (Å²) in [5, 5.41) is 0. The second-order valence-electron chi connectivity index (χ2n) is 3.94. The maximum atomic E-state index is 13.4. The molecule has 0 spiro atoms. The molecule has 0 N–H and O–H groups in total. The molecule has 17 heavy (non-hydrogen) atoms. The minimum atomic E-state index is -0.124. The molecule has 2 aromatic carbocycles. The standard InChI is InChI=1S/C15H15FO/c1-17-14-10-7-12(8-11-14)6-9-13-4-2-3-5-15(13)16/h2-5,7-8,10-11H,6,9H2,1H3. The van der Waals surface area contributed by atoms with E-state index in [-0.39, 0.29) is 5.82 Å². The van der Waals surface area contributed by atoms with Crippen molar-refractivity contribution >= 4 is 0 Å². The first-order valence-corrected chi connectivity index (χ1v) is 5.66. The highest BCUT2D eigenvalue weighted by Crippen LogP contribution is 2.14. The molecule has 0 amide bonds. The van der Waals surface area contributed by atoms with Gasteiger partial charge >= 0.3 is 0 Å². The molecule has 0 unspecified atom stereocenters. The van der Waals surface area contributed by atoms with Crippen LogP contribution in [0.15, 0.2) is 48.5 Å². The van der Waals surface area contributed by atoms with E-state index in [1.165, 1.54) is 11.6 Å². The van der Waals surface area contributed by atoms with Crippen LogP contribution >= 0.6 is 0 Å². The van der Waals surface area contributed by atoms with Gasteiger partial charge in [-0.15, -0.1) is 0 Å². The van der Waals surface area contributed by atoms with Crippen LogP contribution in [0.4, 0.5) is 4.39 Å². The monoisotopic (exact) mass is 230 g/mol. The van der Waals surface area contributed by atoms with Crippen molar-refractivity contribution in [2.24, 2.45) is 0 Å². The predicted octanol–water partition coefficient (Wildman–Crippen LogP) is 3.62. The van der Waals surface area contributed by atoms with Gasteiger partial charge in [0.05, 0.1) is 7.11 Å². The zero-order chi connectivity index (χ0) is 12.1. The quantitative estimate of drug-likeness (QED) is 0.779. The molecule has 88 valence electrons. The lowest BCUT2D eigenvalue weighted by molar-refractivity contribution is 0.414. The molecule has 0 bridgehead atoms. The van der Waals surface area contributed by atoms with Gasteiger partial charge in [0.15, 0.2) is 0 Å². The molecule has 0 fully saturated rings. The molecule has 0 heterocycles. The highest BCUT2D eigenvalue weighted by Gasteiger charge is 2.01. The van der Waals surface area contributed by atoms with Crippen LogP contribution in [-0.4, -0.2) is 7.11 Å². The van der Waals surface area contributed by atoms with Gasteiger partial charge in [0.1, 0.15) is 11.6 Å². The van der Waals surface area contributed by atoms with Crippen molar-refractivity contribution in [3.63, 3.8) is 0 Å². The molecule has 0 atom stereocenters. The van der Waals surface area contributed by atoms with Crippen molar-refractivity contribution in [3.8, 4) is 5.75 Å². The van der Waals surface area contributed by atoms with E-state index in [0.29, 0.717) is 0 Å². The molecule has 2 aromatic rings. The van der Waals surface area contributed by atoms with E-state index in [0.717, 1.165) is 24.2 Å². The third-order valence-electron chi connectivity index (χ3n) is 2.80. The number of halogens is 1. The molecule has 0 aromatic heterocycles. The summed E-state index contributed by atoms with van der Waals surface area (Å²) in [7, 11) is 1.65. The van der Waals surface area contributed by atoms with Crippen LogP contribution in [0.1, 0.15) is 11.1 Å². The van der Waals surface area contributed by atoms with Gasteiger partial charge in [-0.05, 0) is 42.2 Å². The summed E-state index contributed by atoms with van der Waals surface area (Å²) in [6, 6.07) is 14.8. The second-order valence-corrected chi connectivity index (χ2v) is 3.94. The van der Waals surface area contributed by atoms with Crippen molar-refractivity contribution in [2.75, 3.05) is 7.11 Å². The van der Waals surface area contributed by atoms with Gasteiger partial charge < -0.3 is 4.74 Å². The Morgan fingerprint density at radius 3 is 2.29 bits per heavy atom. The van der Waals surface area contributed by atoms with Gasteiger partial charge in [-0.2, -0.15) is 0 Å². The third kappa shape index (κ3) is 3.06. The van der Waals surface area contributed by atoms with Crippen molar-refractivity contribution in [2.45, 2.75) is 12.8 Å². The Morgan fingerprint density at radius 1 is 0.941 bits per heavy atom. The average Bonchev–Trinajstić information content (AvgIpc) is 2.38. The predicted molar refractivity (Wildman–Crippen MR) is 66.8 cm³/mol. The first kappa shape index (κ1) is 11.6. The smallest absolute Gasteiger partial charge is 0.126 e. The largest absolute Gasteiger partial charge is 0.497 e. The number of aryl methyl sites for hydroxylation is 2. The van der Waals surface area contributed by atoms with Crippen LogP contribution in [0.5, 0.6) is 5.75 Å². The van der Waals surface area contributed by atoms with Crippen LogP contribution in [0.25, 0.3) is 0 Å². The number of hydrogen-bond acceptors (Lipinski definition) is 1. The van der Waals surface area contributed by atoms with E-state index in [9.17, 15) is 4.39 Å². The van der Waals surface area contributed by atoms with Gasteiger partial charge in [-0.25, -0.2) is 4.39 Å². The summed E-state index contributed by atoms with van der Waals surface area (Å²) in [5.41, 5.74) is 1.96. The zero-order valence-corrected chi connectivity index (χ0v) is 9.82. The summed E-state index contributed by atoms with van der Waals surface area (Å²) in [4.78, 5) is 0. The van der Waals surface area contributed by atoms with Crippen molar-refractivity contribution in [1.29, 1.82) is 0 Å². The van der Waals surface area contributed by atoms with E-state index in [2.05, 4.69) is 0 Å². The summed E-state index contributed by atoms with van der Waals surface area (Å²) in [6.45, 7) is 0. The first-order valence-electron chi connectivity index (χ1n) is 5.66. The molecule has 0 aliphatic carbocycles. The number of rotatable bonds is 4. The third-order valence-corrected chi connectivity index (χ3v) is 2.80. The number of ether oxygens (including phenoxy) is 1. The number of methoxy groups -OCH3 is 1. The zero-order valence-electron chi connectivity index (χ0n) is 9.82. The van der Waals surface area contributed by atoms with Gasteiger partial charge in [-0.3, -0.25) is 0 Å². The molecule has 2 rings (SSSR count). The lowest BCUT2D eigenvalue weighted by atomic mass is 10.0. The molecule has 0 radical (unpaired) electrons. The van der Waals surface area contributed by atoms with E-state index in [1.807, 2.05) is 36.4 Å². The Hall–Kier alpha value is -1.83. The van der Waals surface area contributed by atoms with E-state index in [4.69, 9.17) is 4.74 Å². The van der Waals surface area contributed by atoms with Gasteiger partial charge in [0.2, 0.25) is 0 Å². The van der Waals surface area contributed by atoms with Crippen LogP contribution in [0.2, 0.25) is 0 Å². The summed E-state index contributed by atoms with van der Waals surface area (Å²) in [6.07, 6.45) is 1.56. The normalized spacial score (nSPS) is 10.2. The van der Waals surface area contributed by atoms with Crippen molar-refractivity contribution in [3.05, 3.63) is 65.5 Å². The molecule has 1 nitrogen and oxygen atoms in total. The molecular formula is C15H15FO. The highest BCUT2D eigenvalue weighted by atomic mass is 19.1. The molecular weight excluding hydrogens is 215 g/mol. The maximum absolute atomic E-state index is 13.4. The van der Waals surface area contributed by atoms with Crippen molar-refractivity contribution in [1.82, 2.24) is 0 Å². The fourth-order valence-corrected chi connectivity index (χ4v) is 1.77. The lowest BCUT2D eigenvalue weighted by Gasteiger charge is -2.04. The van der Waals surface area contributed by atoms with Crippen LogP contribution in [0.3, 0.4) is 0 Å². The molecule has 0 aliphatic heterocycles. The fourth-order valence-electron chi connectivity index (χ4n) is 1.77. The van der Waals surface area contributed by atoms with Gasteiger partial charge in [-0.1, -0.05) is 30.3 Å². The Labute approximate surface area is 101 Å². The molecule has 0 saturated heterocycles. The average molecular weight is 230 g/mol. The topological polar surface area (TPSA) is 9.23 Å². The Bertz CT molecular complexity index is 477. The SMILES string of the molecule is COc1ccc(CCc2ccccc2F)cc1. The van der Waals surface area contributed by atoms with E-state index < -0.39 is 0 Å². The summed E-state index contributed by atoms with van der Waals surface area (Å²) in [5.74, 6) is 0.723. The summed E-state index contributed by atoms with van der Waals surface area (Å²) >= 11 is 0. The van der Waals surface area contributed by atoms with Gasteiger partial charge in [0, 0.05) is 0 Å². The minimum Gasteiger partial charge on any atom is -0.497 e. The molecule has 2 heteroatoms. The Balaban J connectivity index is 2.00. The first-order chi connectivity index (χ1) is 8.29. The Kier molecular flexibility index (Phi) is 3.76. The molecule has 0 saturated carbocycles.